The van der Waals surface area contributed by atoms with Gasteiger partial charge in [-0.3, -0.25) is 20.3 Å². The summed E-state index contributed by atoms with van der Waals surface area (Å²) in [6.45, 7) is 0.492. The van der Waals surface area contributed by atoms with Crippen LogP contribution in [0.15, 0.2) is 36.5 Å². The highest BCUT2D eigenvalue weighted by Gasteiger charge is 2.38. The molecule has 3 rings (SSSR count). The van der Waals surface area contributed by atoms with E-state index in [1.165, 1.54) is 17.0 Å². The van der Waals surface area contributed by atoms with Crippen LogP contribution < -0.4 is 11.1 Å². The first-order valence-corrected chi connectivity index (χ1v) is 8.46. The van der Waals surface area contributed by atoms with Crippen LogP contribution >= 0.6 is 0 Å². The van der Waals surface area contributed by atoms with Crippen LogP contribution in [0.2, 0.25) is 0 Å². The fourth-order valence-electron chi connectivity index (χ4n) is 3.33. The molecule has 1 unspecified atom stereocenters. The van der Waals surface area contributed by atoms with Crippen molar-refractivity contribution in [3.05, 3.63) is 58.9 Å². The van der Waals surface area contributed by atoms with E-state index >= 15 is 0 Å². The van der Waals surface area contributed by atoms with Gasteiger partial charge >= 0.3 is 6.18 Å². The lowest BCUT2D eigenvalue weighted by Crippen LogP contribution is -2.35. The molecule has 5 N–H and O–H groups in total. The Balaban J connectivity index is 1.86. The molecule has 2 aromatic rings. The number of nitrogens with one attached hydrogen (secondary N) is 3. The first-order chi connectivity index (χ1) is 13.2. The number of carbonyl (C=O) groups is 2. The molecule has 28 heavy (non-hydrogen) atoms. The molecule has 1 atom stereocenters. The van der Waals surface area contributed by atoms with Gasteiger partial charge in [0, 0.05) is 30.8 Å². The average molecular weight is 393 g/mol. The van der Waals surface area contributed by atoms with Crippen molar-refractivity contribution in [2.75, 3.05) is 13.1 Å². The lowest BCUT2D eigenvalue weighted by molar-refractivity contribution is -0.138. The molecule has 1 fully saturated rings. The molecule has 1 aliphatic heterocycles. The summed E-state index contributed by atoms with van der Waals surface area (Å²) in [5, 5.41) is 9.00. The van der Waals surface area contributed by atoms with Gasteiger partial charge in [0.05, 0.1) is 5.56 Å². The van der Waals surface area contributed by atoms with Gasteiger partial charge in [0.25, 0.3) is 11.8 Å². The predicted octanol–water partition coefficient (Wildman–Crippen LogP) is 2.29. The first-order valence-electron chi connectivity index (χ1n) is 8.46. The van der Waals surface area contributed by atoms with Crippen molar-refractivity contribution in [1.82, 2.24) is 15.2 Å². The zero-order valence-corrected chi connectivity index (χ0v) is 14.6. The summed E-state index contributed by atoms with van der Waals surface area (Å²) in [5.41, 5.74) is 4.30. The van der Waals surface area contributed by atoms with Crippen molar-refractivity contribution >= 4 is 17.8 Å². The number of rotatable bonds is 3. The van der Waals surface area contributed by atoms with E-state index < -0.39 is 29.5 Å². The van der Waals surface area contributed by atoms with Gasteiger partial charge in [-0.05, 0) is 36.2 Å². The Hall–Kier alpha value is -3.30. The molecule has 2 heterocycles. The molecule has 7 nitrogen and oxygen atoms in total. The number of alkyl halides is 3. The van der Waals surface area contributed by atoms with Crippen molar-refractivity contribution < 1.29 is 22.8 Å². The number of benzene rings is 1. The van der Waals surface area contributed by atoms with E-state index in [1.54, 1.807) is 18.3 Å². The molecule has 10 heteroatoms. The number of nitrogens with zero attached hydrogens (tertiary/aromatic N) is 1. The third-order valence-electron chi connectivity index (χ3n) is 4.61. The van der Waals surface area contributed by atoms with E-state index in [2.05, 4.69) is 4.98 Å². The number of H-pyrrole nitrogens is 1. The molecule has 1 aromatic carbocycles. The van der Waals surface area contributed by atoms with Crippen LogP contribution in [0, 0.1) is 5.41 Å². The van der Waals surface area contributed by atoms with Gasteiger partial charge in [-0.1, -0.05) is 6.07 Å². The van der Waals surface area contributed by atoms with Crippen LogP contribution in [-0.4, -0.2) is 40.7 Å². The molecule has 0 radical (unpaired) electrons. The summed E-state index contributed by atoms with van der Waals surface area (Å²) in [7, 11) is 0. The maximum Gasteiger partial charge on any atom is 0.416 e. The van der Waals surface area contributed by atoms with Crippen molar-refractivity contribution in [3.63, 3.8) is 0 Å². The smallest absolute Gasteiger partial charge is 0.370 e. The van der Waals surface area contributed by atoms with Gasteiger partial charge < -0.3 is 15.6 Å². The number of carbonyl (C=O) groups excluding carboxylic acids is 2. The van der Waals surface area contributed by atoms with Crippen LogP contribution in [0.3, 0.4) is 0 Å². The fraction of sp³-hybridized carbons (Fsp3) is 0.278. The summed E-state index contributed by atoms with van der Waals surface area (Å²) in [6, 6.07) is 6.55. The number of likely N-dealkylation sites (tertiary alicyclic amines) is 1. The van der Waals surface area contributed by atoms with Gasteiger partial charge in [0.1, 0.15) is 5.69 Å². The summed E-state index contributed by atoms with van der Waals surface area (Å²) >= 11 is 0. The topological polar surface area (TPSA) is 115 Å². The number of halogens is 3. The molecular weight excluding hydrogens is 375 g/mol. The largest absolute Gasteiger partial charge is 0.416 e. The van der Waals surface area contributed by atoms with Crippen LogP contribution in [0.25, 0.3) is 0 Å². The Labute approximate surface area is 158 Å². The minimum Gasteiger partial charge on any atom is -0.370 e. The Morgan fingerprint density at radius 3 is 2.64 bits per heavy atom. The summed E-state index contributed by atoms with van der Waals surface area (Å²) in [6.07, 6.45) is -2.68. The highest BCUT2D eigenvalue weighted by Crippen LogP contribution is 2.39. The average Bonchev–Trinajstić information content (AvgIpc) is 3.31. The monoisotopic (exact) mass is 393 g/mol. The van der Waals surface area contributed by atoms with E-state index in [0.717, 1.165) is 6.07 Å². The fourth-order valence-corrected chi connectivity index (χ4v) is 3.33. The van der Waals surface area contributed by atoms with E-state index in [-0.39, 0.29) is 23.6 Å². The molecule has 1 saturated heterocycles. The lowest BCUT2D eigenvalue weighted by atomic mass is 9.91. The number of amides is 2. The highest BCUT2D eigenvalue weighted by molar-refractivity contribution is 6.04. The molecule has 0 saturated carbocycles. The van der Waals surface area contributed by atoms with Crippen molar-refractivity contribution in [1.29, 1.82) is 5.41 Å². The highest BCUT2D eigenvalue weighted by atomic mass is 19.4. The number of guanidine groups is 1. The van der Waals surface area contributed by atoms with Crippen LogP contribution in [0.4, 0.5) is 13.2 Å². The SMILES string of the molecule is N=C(N)NC(=O)c1ccc(C2CCN(C(=O)c3ccc[nH]3)C2)c(C(F)(F)F)c1. The normalized spacial score (nSPS) is 16.8. The second-order valence-electron chi connectivity index (χ2n) is 6.49. The van der Waals surface area contributed by atoms with Gasteiger partial charge in [-0.2, -0.15) is 13.2 Å². The van der Waals surface area contributed by atoms with Crippen LogP contribution in [0.1, 0.15) is 44.3 Å². The molecule has 1 aromatic heterocycles. The van der Waals surface area contributed by atoms with Gasteiger partial charge in [0.2, 0.25) is 0 Å². The van der Waals surface area contributed by atoms with Gasteiger partial charge in [-0.15, -0.1) is 0 Å². The molecule has 0 aliphatic carbocycles. The standard InChI is InChI=1S/C18H18F3N5O2/c19-18(20,21)13-8-10(15(27)25-17(22)23)3-4-12(13)11-5-7-26(9-11)16(28)14-2-1-6-24-14/h1-4,6,8,11,24H,5,7,9H2,(H4,22,23,25,27). The van der Waals surface area contributed by atoms with Gasteiger partial charge in [0.15, 0.2) is 5.96 Å². The maximum absolute atomic E-state index is 13.6. The second-order valence-corrected chi connectivity index (χ2v) is 6.49. The number of aromatic amines is 1. The number of nitrogens with two attached hydrogens (primary N) is 1. The third-order valence-corrected chi connectivity index (χ3v) is 4.61. The first kappa shape index (κ1) is 19.5. The molecular formula is C18H18F3N5O2. The van der Waals surface area contributed by atoms with Crippen molar-refractivity contribution in [2.45, 2.75) is 18.5 Å². The Bertz CT molecular complexity index is 908. The van der Waals surface area contributed by atoms with Gasteiger partial charge in [-0.25, -0.2) is 0 Å². The van der Waals surface area contributed by atoms with Crippen molar-refractivity contribution in [2.24, 2.45) is 5.73 Å². The van der Waals surface area contributed by atoms with E-state index in [9.17, 15) is 22.8 Å². The molecule has 1 aliphatic rings. The summed E-state index contributed by atoms with van der Waals surface area (Å²) in [5.74, 6) is -2.31. The Morgan fingerprint density at radius 1 is 1.29 bits per heavy atom. The second kappa shape index (κ2) is 7.37. The van der Waals surface area contributed by atoms with Crippen LogP contribution in [0.5, 0.6) is 0 Å². The molecule has 148 valence electrons. The molecule has 0 bridgehead atoms. The zero-order valence-electron chi connectivity index (χ0n) is 14.6. The van der Waals surface area contributed by atoms with E-state index in [1.807, 2.05) is 5.32 Å². The van der Waals surface area contributed by atoms with Crippen LogP contribution in [-0.2, 0) is 6.18 Å². The summed E-state index contributed by atoms with van der Waals surface area (Å²) in [4.78, 5) is 28.6. The molecule has 2 amide bonds. The van der Waals surface area contributed by atoms with E-state index in [4.69, 9.17) is 11.1 Å². The van der Waals surface area contributed by atoms with E-state index in [0.29, 0.717) is 18.7 Å². The number of hydrogen-bond donors (Lipinski definition) is 4. The minimum atomic E-state index is -4.67. The zero-order chi connectivity index (χ0) is 20.5. The quantitative estimate of drug-likeness (QED) is 0.474. The molecule has 0 spiro atoms. The third kappa shape index (κ3) is 4.00. The van der Waals surface area contributed by atoms with Crippen molar-refractivity contribution in [3.8, 4) is 0 Å². The maximum atomic E-state index is 13.6. The Morgan fingerprint density at radius 2 is 2.04 bits per heavy atom. The number of aromatic nitrogens is 1. The predicted molar refractivity (Wildman–Crippen MR) is 94.9 cm³/mol. The summed E-state index contributed by atoms with van der Waals surface area (Å²) < 4.78 is 40.8. The lowest BCUT2D eigenvalue weighted by Gasteiger charge is -2.20. The minimum absolute atomic E-state index is 0.0358. The number of hydrogen-bond acceptors (Lipinski definition) is 3. The Kier molecular flexibility index (Phi) is 5.12.